The van der Waals surface area contributed by atoms with Crippen molar-refractivity contribution < 1.29 is 24.5 Å². The van der Waals surface area contributed by atoms with Gasteiger partial charge in [-0.15, -0.1) is 0 Å². The lowest BCUT2D eigenvalue weighted by Crippen LogP contribution is -2.11. The molecule has 2 aromatic rings. The van der Waals surface area contributed by atoms with Crippen LogP contribution in [0.3, 0.4) is 0 Å². The lowest BCUT2D eigenvalue weighted by atomic mass is 10.0. The Labute approximate surface area is 171 Å². The average molecular weight is 413 g/mol. The van der Waals surface area contributed by atoms with E-state index in [1.807, 2.05) is 30.3 Å². The van der Waals surface area contributed by atoms with Crippen molar-refractivity contribution in [3.63, 3.8) is 0 Å². The van der Waals surface area contributed by atoms with Gasteiger partial charge >= 0.3 is 11.7 Å². The molecule has 0 bridgehead atoms. The quantitative estimate of drug-likeness (QED) is 0.286. The van der Waals surface area contributed by atoms with Crippen LogP contribution < -0.4 is 4.74 Å². The third-order valence-corrected chi connectivity index (χ3v) is 3.83. The number of nitro benzene ring substituents is 1. The predicted molar refractivity (Wildman–Crippen MR) is 108 cm³/mol. The molecule has 30 heavy (non-hydrogen) atoms. The number of carbonyl (C=O) groups is 1. The largest absolute Gasteiger partial charge is 0.489 e. The van der Waals surface area contributed by atoms with Gasteiger partial charge in [0.25, 0.3) is 5.69 Å². The first-order valence-electron chi connectivity index (χ1n) is 8.62. The highest BCUT2D eigenvalue weighted by Crippen LogP contribution is 2.32. The summed E-state index contributed by atoms with van der Waals surface area (Å²) in [4.78, 5) is 33.6. The molecule has 0 fully saturated rings. The van der Waals surface area contributed by atoms with E-state index in [0.29, 0.717) is 0 Å². The van der Waals surface area contributed by atoms with E-state index in [0.717, 1.165) is 11.6 Å². The van der Waals surface area contributed by atoms with Crippen LogP contribution >= 0.6 is 0 Å². The molecule has 2 rings (SSSR count). The fourth-order valence-corrected chi connectivity index (χ4v) is 2.54. The predicted octanol–water partition coefficient (Wildman–Crippen LogP) is 3.32. The molecule has 0 heterocycles. The molecule has 2 aromatic carbocycles. The number of aliphatic carboxylic acids is 1. The van der Waals surface area contributed by atoms with Crippen molar-refractivity contribution in [2.45, 2.75) is 6.61 Å². The van der Waals surface area contributed by atoms with Crippen molar-refractivity contribution in [3.8, 4) is 5.75 Å². The van der Waals surface area contributed by atoms with Gasteiger partial charge in [-0.2, -0.15) is 0 Å². The second kappa shape index (κ2) is 9.82. The van der Waals surface area contributed by atoms with Crippen molar-refractivity contribution in [1.82, 2.24) is 4.90 Å². The Kier molecular flexibility index (Phi) is 7.23. The zero-order valence-corrected chi connectivity index (χ0v) is 16.2. The Morgan fingerprint density at radius 1 is 1.13 bits per heavy atom. The summed E-state index contributed by atoms with van der Waals surface area (Å²) >= 11 is 0. The van der Waals surface area contributed by atoms with Crippen molar-refractivity contribution in [2.24, 2.45) is 0 Å². The minimum Gasteiger partial charge on any atom is -0.489 e. The van der Waals surface area contributed by atoms with Gasteiger partial charge in [0.1, 0.15) is 12.4 Å². The average Bonchev–Trinajstić information content (AvgIpc) is 2.69. The Hall–Kier alpha value is -4.21. The van der Waals surface area contributed by atoms with Gasteiger partial charge in [0.05, 0.1) is 15.4 Å². The summed E-state index contributed by atoms with van der Waals surface area (Å²) in [6, 6.07) is 13.2. The van der Waals surface area contributed by atoms with E-state index in [2.05, 4.69) is 0 Å². The maximum atomic E-state index is 11.5. The summed E-state index contributed by atoms with van der Waals surface area (Å²) in [5, 5.41) is 31.7. The van der Waals surface area contributed by atoms with E-state index in [1.54, 1.807) is 14.1 Å². The molecule has 10 heteroatoms. The van der Waals surface area contributed by atoms with E-state index in [-0.39, 0.29) is 29.2 Å². The zero-order valence-electron chi connectivity index (χ0n) is 16.2. The van der Waals surface area contributed by atoms with Crippen molar-refractivity contribution in [2.75, 3.05) is 14.1 Å². The van der Waals surface area contributed by atoms with Crippen LogP contribution in [0, 0.1) is 20.2 Å². The number of rotatable bonds is 9. The second-order valence-corrected chi connectivity index (χ2v) is 6.35. The molecule has 10 nitrogen and oxygen atoms in total. The minimum absolute atomic E-state index is 0.0140. The van der Waals surface area contributed by atoms with Gasteiger partial charge < -0.3 is 14.7 Å². The van der Waals surface area contributed by atoms with E-state index < -0.39 is 21.5 Å². The van der Waals surface area contributed by atoms with Crippen LogP contribution in [0.25, 0.3) is 5.57 Å². The third-order valence-electron chi connectivity index (χ3n) is 3.83. The molecule has 0 saturated heterocycles. The van der Waals surface area contributed by atoms with Crippen LogP contribution in [-0.4, -0.2) is 39.9 Å². The topological polar surface area (TPSA) is 136 Å². The summed E-state index contributed by atoms with van der Waals surface area (Å²) in [7, 11) is 3.20. The molecule has 0 aliphatic heterocycles. The second-order valence-electron chi connectivity index (χ2n) is 6.35. The van der Waals surface area contributed by atoms with E-state index in [4.69, 9.17) is 9.84 Å². The third kappa shape index (κ3) is 5.89. The number of benzene rings is 2. The first kappa shape index (κ1) is 22.1. The highest BCUT2D eigenvalue weighted by Gasteiger charge is 2.25. The fraction of sp³-hybridized carbons (Fsp3) is 0.150. The molecule has 0 aromatic heterocycles. The molecule has 0 spiro atoms. The van der Waals surface area contributed by atoms with Gasteiger partial charge in [0.2, 0.25) is 0 Å². The van der Waals surface area contributed by atoms with Crippen molar-refractivity contribution in [1.29, 1.82) is 0 Å². The smallest absolute Gasteiger partial charge is 0.407 e. The molecule has 0 amide bonds. The van der Waals surface area contributed by atoms with Gasteiger partial charge in [0.15, 0.2) is 0 Å². The number of nitrogens with zero attached hydrogens (tertiary/aromatic N) is 3. The number of carboxylic acids is 1. The van der Waals surface area contributed by atoms with Gasteiger partial charge in [-0.05, 0) is 17.7 Å². The number of hydrogen-bond acceptors (Lipinski definition) is 7. The number of nitro groups is 2. The summed E-state index contributed by atoms with van der Waals surface area (Å²) in [5.41, 5.74) is -0.624. The minimum atomic E-state index is -1.76. The Morgan fingerprint density at radius 3 is 2.33 bits per heavy atom. The Bertz CT molecular complexity index is 998. The monoisotopic (exact) mass is 413 g/mol. The summed E-state index contributed by atoms with van der Waals surface area (Å²) < 4.78 is 5.69. The van der Waals surface area contributed by atoms with E-state index in [1.165, 1.54) is 29.3 Å². The van der Waals surface area contributed by atoms with Crippen LogP contribution in [0.1, 0.15) is 11.1 Å². The Balaban J connectivity index is 2.54. The summed E-state index contributed by atoms with van der Waals surface area (Å²) in [6.45, 7) is 0.204. The normalized spacial score (nSPS) is 11.7. The molecule has 1 N–H and O–H groups in total. The maximum Gasteiger partial charge on any atom is 0.407 e. The van der Waals surface area contributed by atoms with Gasteiger partial charge in [0, 0.05) is 38.0 Å². The van der Waals surface area contributed by atoms with Crippen LogP contribution in [0.5, 0.6) is 5.75 Å². The first-order chi connectivity index (χ1) is 14.2. The first-order valence-corrected chi connectivity index (χ1v) is 8.62. The molecule has 0 unspecified atom stereocenters. The van der Waals surface area contributed by atoms with Crippen LogP contribution in [-0.2, 0) is 11.4 Å². The molecule has 0 aliphatic rings. The molecular weight excluding hydrogens is 394 g/mol. The number of allylic oxidation sites excluding steroid dienone is 2. The molecule has 0 saturated carbocycles. The lowest BCUT2D eigenvalue weighted by Gasteiger charge is -2.12. The standard InChI is InChI=1S/C20H19N3O7/c1-21(2)12-15(10-19(20(24)25)23(28)29)17-11-16(8-9-18(17)22(26)27)30-13-14-6-4-3-5-7-14/h3-12H,13H2,1-2H3,(H,24,25). The SMILES string of the molecule is CN(C)C=C(C=C(C(=O)O)[N+](=O)[O-])c1cc(OCc2ccccc2)ccc1[N+](=O)[O-]. The fourth-order valence-electron chi connectivity index (χ4n) is 2.54. The lowest BCUT2D eigenvalue weighted by molar-refractivity contribution is -0.420. The van der Waals surface area contributed by atoms with Gasteiger partial charge in [-0.3, -0.25) is 20.2 Å². The number of carboxylic acid groups (broad SMARTS) is 1. The summed E-state index contributed by atoms with van der Waals surface area (Å²) in [5.74, 6) is -1.47. The van der Waals surface area contributed by atoms with Crippen molar-refractivity contribution >= 4 is 17.2 Å². The van der Waals surface area contributed by atoms with E-state index >= 15 is 0 Å². The molecule has 156 valence electrons. The molecule has 0 radical (unpaired) electrons. The molecular formula is C20H19N3O7. The van der Waals surface area contributed by atoms with Crippen LogP contribution in [0.4, 0.5) is 5.69 Å². The van der Waals surface area contributed by atoms with Crippen LogP contribution in [0.15, 0.2) is 66.5 Å². The molecule has 0 aliphatic carbocycles. The van der Waals surface area contributed by atoms with E-state index in [9.17, 15) is 25.0 Å². The van der Waals surface area contributed by atoms with Crippen molar-refractivity contribution in [3.05, 3.63) is 97.9 Å². The highest BCUT2D eigenvalue weighted by molar-refractivity contribution is 5.90. The molecule has 0 atom stereocenters. The number of hydrogen-bond donors (Lipinski definition) is 1. The number of ether oxygens (including phenoxy) is 1. The zero-order chi connectivity index (χ0) is 22.3. The Morgan fingerprint density at radius 2 is 1.80 bits per heavy atom. The van der Waals surface area contributed by atoms with Crippen LogP contribution in [0.2, 0.25) is 0 Å². The van der Waals surface area contributed by atoms with Gasteiger partial charge in [-0.25, -0.2) is 4.79 Å². The van der Waals surface area contributed by atoms with Gasteiger partial charge in [-0.1, -0.05) is 30.3 Å². The highest BCUT2D eigenvalue weighted by atomic mass is 16.6. The summed E-state index contributed by atoms with van der Waals surface area (Å²) in [6.07, 6.45) is 2.14. The maximum absolute atomic E-state index is 11.5.